The molecule has 0 radical (unpaired) electrons. The predicted molar refractivity (Wildman–Crippen MR) is 50.0 cm³/mol. The zero-order chi connectivity index (χ0) is 9.35. The van der Waals surface area contributed by atoms with Gasteiger partial charge in [0.1, 0.15) is 0 Å². The fraction of sp³-hybridized carbons (Fsp3) is 0.700. The maximum absolute atomic E-state index is 8.70. The van der Waals surface area contributed by atoms with E-state index in [0.29, 0.717) is 0 Å². The van der Waals surface area contributed by atoms with Crippen molar-refractivity contribution in [3.05, 3.63) is 16.7 Å². The van der Waals surface area contributed by atoms with E-state index < -0.39 is 0 Å². The van der Waals surface area contributed by atoms with Gasteiger partial charge in [0.25, 0.3) is 5.71 Å². The predicted octanol–water partition coefficient (Wildman–Crippen LogP) is 2.81. The lowest BCUT2D eigenvalue weighted by atomic mass is 9.83. The van der Waals surface area contributed by atoms with Gasteiger partial charge in [-0.05, 0) is 25.2 Å². The highest BCUT2D eigenvalue weighted by atomic mass is 14.9. The van der Waals surface area contributed by atoms with Crippen LogP contribution < -0.4 is 0 Å². The molecule has 0 spiro atoms. The van der Waals surface area contributed by atoms with Crippen LogP contribution in [-0.4, -0.2) is 10.5 Å². The summed E-state index contributed by atoms with van der Waals surface area (Å²) < 4.78 is 0. The Bertz CT molecular complexity index is 278. The van der Waals surface area contributed by atoms with Gasteiger partial charge in [-0.15, -0.1) is 0 Å². The topological polar surface area (TPSA) is 36.4 Å². The van der Waals surface area contributed by atoms with Crippen LogP contribution in [0.25, 0.3) is 5.53 Å². The summed E-state index contributed by atoms with van der Waals surface area (Å²) in [4.78, 5) is 3.28. The van der Waals surface area contributed by atoms with E-state index in [1.165, 1.54) is 17.6 Å². The quantitative estimate of drug-likeness (QED) is 0.324. The van der Waals surface area contributed by atoms with Crippen LogP contribution in [0.2, 0.25) is 0 Å². The first-order valence-corrected chi connectivity index (χ1v) is 4.38. The molecule has 0 bridgehead atoms. The van der Waals surface area contributed by atoms with E-state index in [1.54, 1.807) is 0 Å². The van der Waals surface area contributed by atoms with Crippen molar-refractivity contribution < 1.29 is 4.79 Å². The Labute approximate surface area is 73.9 Å². The van der Waals surface area contributed by atoms with E-state index in [2.05, 4.69) is 25.6 Å². The lowest BCUT2D eigenvalue weighted by Crippen LogP contribution is -2.16. The van der Waals surface area contributed by atoms with Gasteiger partial charge in [-0.2, -0.15) is 4.79 Å². The van der Waals surface area contributed by atoms with Crippen LogP contribution in [0.1, 0.15) is 40.5 Å². The van der Waals surface area contributed by atoms with Gasteiger partial charge in [-0.1, -0.05) is 19.4 Å². The molecule has 0 unspecified atom stereocenters. The van der Waals surface area contributed by atoms with Crippen LogP contribution in [0.15, 0.2) is 11.1 Å². The molecule has 0 heterocycles. The fourth-order valence-electron chi connectivity index (χ4n) is 2.18. The molecule has 0 aliphatic heterocycles. The first-order chi connectivity index (χ1) is 5.49. The van der Waals surface area contributed by atoms with Crippen molar-refractivity contribution in [1.29, 1.82) is 0 Å². The second kappa shape index (κ2) is 2.87. The van der Waals surface area contributed by atoms with Gasteiger partial charge < -0.3 is 5.53 Å². The van der Waals surface area contributed by atoms with E-state index in [9.17, 15) is 0 Å². The molecule has 0 amide bonds. The second-order valence-electron chi connectivity index (χ2n) is 4.22. The minimum Gasteiger partial charge on any atom is -0.361 e. The summed E-state index contributed by atoms with van der Waals surface area (Å²) in [6, 6.07) is 0. The third-order valence-electron chi connectivity index (χ3n) is 2.74. The molecule has 1 aliphatic rings. The zero-order valence-corrected chi connectivity index (χ0v) is 8.31. The van der Waals surface area contributed by atoms with Crippen molar-refractivity contribution in [3.63, 3.8) is 0 Å². The van der Waals surface area contributed by atoms with Gasteiger partial charge in [-0.3, -0.25) is 0 Å². The summed E-state index contributed by atoms with van der Waals surface area (Å²) in [7, 11) is 0. The summed E-state index contributed by atoms with van der Waals surface area (Å²) in [5, 5.41) is 0. The molecular weight excluding hydrogens is 148 g/mol. The normalized spacial score (nSPS) is 21.0. The van der Waals surface area contributed by atoms with Crippen LogP contribution in [-0.2, 0) is 0 Å². The highest BCUT2D eigenvalue weighted by Gasteiger charge is 2.35. The second-order valence-corrected chi connectivity index (χ2v) is 4.22. The Morgan fingerprint density at radius 1 is 1.50 bits per heavy atom. The van der Waals surface area contributed by atoms with Crippen LogP contribution in [0, 0.1) is 5.41 Å². The maximum Gasteiger partial charge on any atom is 0.292 e. The number of nitrogens with zero attached hydrogens (tertiary/aromatic N) is 2. The summed E-state index contributed by atoms with van der Waals surface area (Å²) in [6.45, 7) is 8.39. The molecule has 0 aromatic rings. The van der Waals surface area contributed by atoms with Crippen molar-refractivity contribution in [2.24, 2.45) is 5.41 Å². The van der Waals surface area contributed by atoms with Gasteiger partial charge in [0.15, 0.2) is 0 Å². The van der Waals surface area contributed by atoms with Crippen molar-refractivity contribution in [2.75, 3.05) is 0 Å². The van der Waals surface area contributed by atoms with Crippen LogP contribution in [0.4, 0.5) is 0 Å². The molecule has 0 saturated heterocycles. The minimum atomic E-state index is 0.195. The van der Waals surface area contributed by atoms with E-state index in [0.717, 1.165) is 12.1 Å². The summed E-state index contributed by atoms with van der Waals surface area (Å²) in [6.07, 6.45) is 2.30. The molecule has 2 nitrogen and oxygen atoms in total. The summed E-state index contributed by atoms with van der Waals surface area (Å²) in [5.74, 6) is 0. The first-order valence-electron chi connectivity index (χ1n) is 4.38. The van der Waals surface area contributed by atoms with Crippen molar-refractivity contribution in [3.8, 4) is 0 Å². The number of rotatable bonds is 1. The SMILES string of the molecule is CC(=[N+]=[N-])C1=C(C)CCC1(C)C. The molecule has 66 valence electrons. The molecule has 0 fully saturated rings. The molecule has 1 aliphatic carbocycles. The number of hydrogen-bond acceptors (Lipinski definition) is 0. The third kappa shape index (κ3) is 1.35. The largest absolute Gasteiger partial charge is 0.361 e. The van der Waals surface area contributed by atoms with Crippen LogP contribution in [0.5, 0.6) is 0 Å². The lowest BCUT2D eigenvalue weighted by molar-refractivity contribution is -0.00629. The van der Waals surface area contributed by atoms with Crippen molar-refractivity contribution in [2.45, 2.75) is 40.5 Å². The van der Waals surface area contributed by atoms with Crippen molar-refractivity contribution in [1.82, 2.24) is 0 Å². The molecule has 0 N–H and O–H groups in total. The Hall–Kier alpha value is -0.880. The number of hydrogen-bond donors (Lipinski definition) is 0. The Morgan fingerprint density at radius 3 is 2.42 bits per heavy atom. The zero-order valence-electron chi connectivity index (χ0n) is 8.31. The summed E-state index contributed by atoms with van der Waals surface area (Å²) in [5.41, 5.74) is 12.3. The average molecular weight is 164 g/mol. The van der Waals surface area contributed by atoms with E-state index in [-0.39, 0.29) is 5.41 Å². The Kier molecular flexibility index (Phi) is 2.20. The monoisotopic (exact) mass is 164 g/mol. The minimum absolute atomic E-state index is 0.195. The molecule has 1 rings (SSSR count). The third-order valence-corrected chi connectivity index (χ3v) is 2.74. The highest BCUT2D eigenvalue weighted by Crippen LogP contribution is 2.42. The molecule has 12 heavy (non-hydrogen) atoms. The van der Waals surface area contributed by atoms with Crippen LogP contribution >= 0.6 is 0 Å². The molecule has 0 aromatic carbocycles. The lowest BCUT2D eigenvalue weighted by Gasteiger charge is -2.18. The van der Waals surface area contributed by atoms with E-state index in [4.69, 9.17) is 5.53 Å². The van der Waals surface area contributed by atoms with Gasteiger partial charge >= 0.3 is 0 Å². The molecule has 0 atom stereocenters. The van der Waals surface area contributed by atoms with Crippen LogP contribution in [0.3, 0.4) is 0 Å². The standard InChI is InChI=1S/C10H16N2/c1-7-5-6-10(3,4)9(7)8(2)12-11/h5-6H2,1-4H3. The van der Waals surface area contributed by atoms with Gasteiger partial charge in [0, 0.05) is 12.5 Å². The molecule has 0 aromatic heterocycles. The summed E-state index contributed by atoms with van der Waals surface area (Å²) >= 11 is 0. The van der Waals surface area contributed by atoms with E-state index in [1.807, 2.05) is 6.92 Å². The number of allylic oxidation sites excluding steroid dienone is 2. The highest BCUT2D eigenvalue weighted by molar-refractivity contribution is 5.96. The Morgan fingerprint density at radius 2 is 2.08 bits per heavy atom. The smallest absolute Gasteiger partial charge is 0.292 e. The average Bonchev–Trinajstić information content (AvgIpc) is 2.25. The Balaban J connectivity index is 3.16. The van der Waals surface area contributed by atoms with Gasteiger partial charge in [0.05, 0.1) is 0 Å². The van der Waals surface area contributed by atoms with Gasteiger partial charge in [-0.25, -0.2) is 0 Å². The molecular formula is C10H16N2. The molecule has 0 saturated carbocycles. The fourth-order valence-corrected chi connectivity index (χ4v) is 2.18. The molecule has 2 heteroatoms. The van der Waals surface area contributed by atoms with Crippen molar-refractivity contribution >= 4 is 5.71 Å². The first kappa shape index (κ1) is 9.21. The maximum atomic E-state index is 8.70. The van der Waals surface area contributed by atoms with E-state index >= 15 is 0 Å². The van der Waals surface area contributed by atoms with Gasteiger partial charge in [0.2, 0.25) is 0 Å².